The zero-order chi connectivity index (χ0) is 25.2. The van der Waals surface area contributed by atoms with Gasteiger partial charge >= 0.3 is 0 Å². The third kappa shape index (κ3) is 4.86. The summed E-state index contributed by atoms with van der Waals surface area (Å²) in [7, 11) is 0. The summed E-state index contributed by atoms with van der Waals surface area (Å²) >= 11 is 0. The molecule has 1 unspecified atom stereocenters. The molecule has 2 atom stereocenters. The fourth-order valence-corrected chi connectivity index (χ4v) is 5.67. The first-order valence-corrected chi connectivity index (χ1v) is 12.7. The second-order valence-corrected chi connectivity index (χ2v) is 9.90. The van der Waals surface area contributed by atoms with Crippen molar-refractivity contribution in [1.29, 1.82) is 0 Å². The first-order chi connectivity index (χ1) is 17.4. The molecule has 0 fully saturated rings. The third-order valence-electron chi connectivity index (χ3n) is 7.43. The number of hydrogen-bond donors (Lipinski definition) is 3. The minimum absolute atomic E-state index is 0.0160. The third-order valence-corrected chi connectivity index (χ3v) is 7.43. The summed E-state index contributed by atoms with van der Waals surface area (Å²) in [6.07, 6.45) is 2.75. The second-order valence-electron chi connectivity index (χ2n) is 9.90. The Morgan fingerprint density at radius 2 is 1.92 bits per heavy atom. The van der Waals surface area contributed by atoms with Gasteiger partial charge in [0.25, 0.3) is 0 Å². The first kappa shape index (κ1) is 24.1. The molecule has 0 bridgehead atoms. The predicted octanol–water partition coefficient (Wildman–Crippen LogP) is 3.96. The van der Waals surface area contributed by atoms with E-state index in [1.54, 1.807) is 13.0 Å². The molecule has 2 aliphatic rings. The van der Waals surface area contributed by atoms with E-state index in [1.165, 1.54) is 5.56 Å². The van der Waals surface area contributed by atoms with E-state index in [4.69, 9.17) is 0 Å². The molecule has 6 heteroatoms. The molecule has 3 aromatic carbocycles. The topological polar surface area (TPSA) is 81.7 Å². The highest BCUT2D eigenvalue weighted by Crippen LogP contribution is 2.38. The number of carbonyl (C=O) groups excluding carboxylic acids is 2. The van der Waals surface area contributed by atoms with Crippen LogP contribution in [0, 0.1) is 6.92 Å². The van der Waals surface area contributed by atoms with Gasteiger partial charge in [-0.3, -0.25) is 9.59 Å². The van der Waals surface area contributed by atoms with Gasteiger partial charge in [-0.25, -0.2) is 0 Å². The molecule has 6 nitrogen and oxygen atoms in total. The van der Waals surface area contributed by atoms with Gasteiger partial charge in [0.1, 0.15) is 5.75 Å². The lowest BCUT2D eigenvalue weighted by molar-refractivity contribution is -0.123. The van der Waals surface area contributed by atoms with Crippen LogP contribution >= 0.6 is 0 Å². The van der Waals surface area contributed by atoms with Crippen molar-refractivity contribution < 1.29 is 14.7 Å². The first-order valence-electron chi connectivity index (χ1n) is 12.7. The number of phenolic OH excluding ortho intramolecular Hbond substituents is 1. The minimum Gasteiger partial charge on any atom is -0.508 e. The van der Waals surface area contributed by atoms with Crippen LogP contribution in [0.5, 0.6) is 5.75 Å². The molecule has 0 spiro atoms. The molecule has 2 heterocycles. The van der Waals surface area contributed by atoms with Gasteiger partial charge in [0.15, 0.2) is 0 Å². The van der Waals surface area contributed by atoms with E-state index in [2.05, 4.69) is 28.8 Å². The monoisotopic (exact) mass is 483 g/mol. The maximum atomic E-state index is 13.5. The van der Waals surface area contributed by atoms with Gasteiger partial charge < -0.3 is 20.6 Å². The van der Waals surface area contributed by atoms with E-state index in [0.29, 0.717) is 25.9 Å². The van der Waals surface area contributed by atoms with E-state index in [-0.39, 0.29) is 29.6 Å². The number of fused-ring (bicyclic) bond motifs is 2. The molecule has 0 aliphatic carbocycles. The van der Waals surface area contributed by atoms with Gasteiger partial charge in [-0.05, 0) is 84.7 Å². The van der Waals surface area contributed by atoms with Crippen molar-refractivity contribution in [2.45, 2.75) is 51.6 Å². The molecular weight excluding hydrogens is 450 g/mol. The molecule has 0 aromatic heterocycles. The number of nitrogens with one attached hydrogen (secondary N) is 2. The quantitative estimate of drug-likeness (QED) is 0.525. The Labute approximate surface area is 212 Å². The SMILES string of the molecule is CC(=O)N1CC[C@@H](NC(=O)C2Cc3c(C)cc(O)cc3CCN2)c2cccc(Cc3ccccc3)c21. The number of para-hydroxylation sites is 1. The van der Waals surface area contributed by atoms with Crippen LogP contribution in [-0.4, -0.2) is 36.1 Å². The Kier molecular flexibility index (Phi) is 6.79. The summed E-state index contributed by atoms with van der Waals surface area (Å²) in [5.41, 5.74) is 7.44. The molecule has 5 rings (SSSR count). The number of benzene rings is 3. The normalized spacial score (nSPS) is 19.1. The molecule has 3 aromatic rings. The Hall–Kier alpha value is -3.64. The molecule has 2 aliphatic heterocycles. The molecule has 36 heavy (non-hydrogen) atoms. The van der Waals surface area contributed by atoms with Crippen LogP contribution < -0.4 is 15.5 Å². The summed E-state index contributed by atoms with van der Waals surface area (Å²) in [6.45, 7) is 4.84. The lowest BCUT2D eigenvalue weighted by atomic mass is 9.90. The van der Waals surface area contributed by atoms with Gasteiger partial charge in [-0.1, -0.05) is 48.5 Å². The average Bonchev–Trinajstić information content (AvgIpc) is 3.08. The Balaban J connectivity index is 1.41. The van der Waals surface area contributed by atoms with Gasteiger partial charge in [0.05, 0.1) is 17.8 Å². The van der Waals surface area contributed by atoms with Gasteiger partial charge in [-0.2, -0.15) is 0 Å². The summed E-state index contributed by atoms with van der Waals surface area (Å²) in [4.78, 5) is 27.9. The molecule has 0 saturated carbocycles. The summed E-state index contributed by atoms with van der Waals surface area (Å²) in [5, 5.41) is 16.7. The highest BCUT2D eigenvalue weighted by molar-refractivity contribution is 5.94. The number of hydrogen-bond acceptors (Lipinski definition) is 4. The number of aromatic hydroxyl groups is 1. The Bertz CT molecular complexity index is 1290. The summed E-state index contributed by atoms with van der Waals surface area (Å²) in [5.74, 6) is 0.257. The molecule has 0 radical (unpaired) electrons. The number of nitrogens with zero attached hydrogens (tertiary/aromatic N) is 1. The number of rotatable bonds is 4. The highest BCUT2D eigenvalue weighted by Gasteiger charge is 2.32. The number of amides is 2. The van der Waals surface area contributed by atoms with Crippen LogP contribution in [-0.2, 0) is 28.9 Å². The number of anilines is 1. The van der Waals surface area contributed by atoms with Crippen molar-refractivity contribution in [2.75, 3.05) is 18.0 Å². The van der Waals surface area contributed by atoms with Crippen LogP contribution in [0.1, 0.15) is 52.8 Å². The van der Waals surface area contributed by atoms with Crippen LogP contribution in [0.15, 0.2) is 60.7 Å². The largest absolute Gasteiger partial charge is 0.508 e. The highest BCUT2D eigenvalue weighted by atomic mass is 16.3. The van der Waals surface area contributed by atoms with E-state index in [0.717, 1.165) is 46.3 Å². The number of carbonyl (C=O) groups is 2. The van der Waals surface area contributed by atoms with Crippen molar-refractivity contribution in [2.24, 2.45) is 0 Å². The molecule has 0 saturated heterocycles. The van der Waals surface area contributed by atoms with Crippen molar-refractivity contribution >= 4 is 17.5 Å². The fraction of sp³-hybridized carbons (Fsp3) is 0.333. The van der Waals surface area contributed by atoms with Crippen molar-refractivity contribution in [3.8, 4) is 5.75 Å². The minimum atomic E-state index is -0.351. The van der Waals surface area contributed by atoms with E-state index >= 15 is 0 Å². The zero-order valence-corrected chi connectivity index (χ0v) is 20.9. The van der Waals surface area contributed by atoms with Crippen LogP contribution in [0.3, 0.4) is 0 Å². The van der Waals surface area contributed by atoms with Crippen LogP contribution in [0.2, 0.25) is 0 Å². The van der Waals surface area contributed by atoms with E-state index in [1.807, 2.05) is 48.2 Å². The predicted molar refractivity (Wildman–Crippen MR) is 141 cm³/mol. The Morgan fingerprint density at radius 3 is 2.69 bits per heavy atom. The van der Waals surface area contributed by atoms with Crippen molar-refractivity contribution in [3.05, 3.63) is 94.0 Å². The zero-order valence-electron chi connectivity index (χ0n) is 20.9. The summed E-state index contributed by atoms with van der Waals surface area (Å²) in [6, 6.07) is 19.4. The van der Waals surface area contributed by atoms with Crippen molar-refractivity contribution in [3.63, 3.8) is 0 Å². The van der Waals surface area contributed by atoms with E-state index in [9.17, 15) is 14.7 Å². The lowest BCUT2D eigenvalue weighted by Gasteiger charge is -2.36. The number of aryl methyl sites for hydroxylation is 1. The van der Waals surface area contributed by atoms with Gasteiger partial charge in [-0.15, -0.1) is 0 Å². The van der Waals surface area contributed by atoms with Gasteiger partial charge in [0.2, 0.25) is 11.8 Å². The Morgan fingerprint density at radius 1 is 1.11 bits per heavy atom. The fourth-order valence-electron chi connectivity index (χ4n) is 5.67. The average molecular weight is 484 g/mol. The van der Waals surface area contributed by atoms with Crippen LogP contribution in [0.25, 0.3) is 0 Å². The smallest absolute Gasteiger partial charge is 0.237 e. The molecule has 3 N–H and O–H groups in total. The van der Waals surface area contributed by atoms with Crippen LogP contribution in [0.4, 0.5) is 5.69 Å². The standard InChI is InChI=1S/C30H33N3O3/c1-19-15-24(35)17-22-11-13-31-28(18-26(19)22)30(36)32-27-12-14-33(20(2)34)29-23(9-6-10-25(27)29)16-21-7-4-3-5-8-21/h3-10,15,17,27-28,31,35H,11-14,16,18H2,1-2H3,(H,32,36)/t27-,28?/m1/s1. The van der Waals surface area contributed by atoms with E-state index < -0.39 is 0 Å². The number of phenols is 1. The van der Waals surface area contributed by atoms with Gasteiger partial charge in [0, 0.05) is 13.5 Å². The molecule has 2 amide bonds. The summed E-state index contributed by atoms with van der Waals surface area (Å²) < 4.78 is 0. The maximum absolute atomic E-state index is 13.5. The van der Waals surface area contributed by atoms with Crippen molar-refractivity contribution in [1.82, 2.24) is 10.6 Å². The molecular formula is C30H33N3O3. The second kappa shape index (κ2) is 10.2. The maximum Gasteiger partial charge on any atom is 0.237 e. The lowest BCUT2D eigenvalue weighted by Crippen LogP contribution is -2.48. The molecule has 186 valence electrons.